The Kier molecular flexibility index (Phi) is 8.01. The number of rotatable bonds is 8. The van der Waals surface area contributed by atoms with Gasteiger partial charge in [0, 0.05) is 0 Å². The van der Waals surface area contributed by atoms with E-state index < -0.39 is 53.6 Å². The highest BCUT2D eigenvalue weighted by molar-refractivity contribution is 7.71. The molecule has 3 rings (SSSR count). The Hall–Kier alpha value is -1.58. The Morgan fingerprint density at radius 3 is 2.50 bits per heavy atom. The first-order valence-electron chi connectivity index (χ1n) is 9.43. The second-order valence-electron chi connectivity index (χ2n) is 7.28. The lowest BCUT2D eigenvalue weighted by Crippen LogP contribution is -2.47. The minimum Gasteiger partial charge on any atom is -0.386 e. The number of anilines is 1. The Bertz CT molecular complexity index is 1430. The number of aromatic amines is 1. The number of H-pyrrole nitrogens is 1. The van der Waals surface area contributed by atoms with Crippen molar-refractivity contribution in [2.75, 3.05) is 5.73 Å². The van der Waals surface area contributed by atoms with Gasteiger partial charge in [0.25, 0.3) is 0 Å². The number of nitrogens with one attached hydrogen (secondary N) is 1. The Morgan fingerprint density at radius 1 is 1.28 bits per heavy atom. The fraction of sp³-hybridized carbons (Fsp3) is 0.500. The van der Waals surface area contributed by atoms with Gasteiger partial charge in [0.15, 0.2) is 22.4 Å². The smallest absolute Gasteiger partial charge is 0.386 e. The van der Waals surface area contributed by atoms with Crippen LogP contribution in [-0.4, -0.2) is 73.2 Å². The number of ether oxygens (including phenoxy) is 1. The maximum absolute atomic E-state index is 12.2. The summed E-state index contributed by atoms with van der Waals surface area (Å²) < 4.78 is 53.5. The molecular weight excluding hydrogens is 571 g/mol. The van der Waals surface area contributed by atoms with Crippen LogP contribution in [-0.2, 0) is 31.6 Å². The van der Waals surface area contributed by atoms with Gasteiger partial charge in [0.1, 0.15) is 23.4 Å². The number of hydrogen-bond donors (Lipinski definition) is 8. The third-order valence-corrected chi connectivity index (χ3v) is 8.86. The van der Waals surface area contributed by atoms with Gasteiger partial charge in [-0.2, -0.15) is 8.62 Å². The molecule has 0 aliphatic carbocycles. The number of imidazole rings is 1. The lowest BCUT2D eigenvalue weighted by Gasteiger charge is -2.27. The predicted octanol–water partition coefficient (Wildman–Crippen LogP) is -0.184. The number of aliphatic hydroxyl groups excluding tert-OH is 1. The third kappa shape index (κ3) is 6.10. The minimum atomic E-state index is -5.78. The van der Waals surface area contributed by atoms with E-state index in [2.05, 4.69) is 35.4 Å². The summed E-state index contributed by atoms with van der Waals surface area (Å²) in [6.07, 6.45) is -5.58. The molecule has 0 aromatic carbocycles. The van der Waals surface area contributed by atoms with Crippen LogP contribution in [0.5, 0.6) is 0 Å². The summed E-state index contributed by atoms with van der Waals surface area (Å²) >= 11 is 5.10. The molecule has 200 valence electrons. The molecular formula is C14H20N5O13P3S. The lowest BCUT2D eigenvalue weighted by molar-refractivity contribution is -0.0831. The van der Waals surface area contributed by atoms with Crippen molar-refractivity contribution in [3.05, 3.63) is 11.0 Å². The van der Waals surface area contributed by atoms with Crippen molar-refractivity contribution in [2.45, 2.75) is 44.0 Å². The molecule has 3 unspecified atom stereocenters. The highest BCUT2D eigenvalue weighted by Gasteiger charge is 2.58. The molecule has 3 heterocycles. The second-order valence-corrected chi connectivity index (χ2v) is 12.0. The van der Waals surface area contributed by atoms with Gasteiger partial charge in [-0.1, -0.05) is 18.1 Å². The van der Waals surface area contributed by atoms with Gasteiger partial charge in [0.2, 0.25) is 0 Å². The minimum absolute atomic E-state index is 0.0150. The molecule has 0 amide bonds. The van der Waals surface area contributed by atoms with Crippen LogP contribution in [0, 0.1) is 16.5 Å². The SMILES string of the molecule is CC#CC1(O)[C@@H](O)[C@@H]([C@H](C)OP(=O)(O)OP(=O)(O)OP(=O)(O)O)O[C@H]1n1cnc2c(=S)nc(N)[nH]c21. The second kappa shape index (κ2) is 9.95. The van der Waals surface area contributed by atoms with E-state index in [4.69, 9.17) is 37.0 Å². The average Bonchev–Trinajstić information content (AvgIpc) is 3.18. The zero-order valence-corrected chi connectivity index (χ0v) is 21.6. The van der Waals surface area contributed by atoms with E-state index in [1.165, 1.54) is 17.8 Å². The van der Waals surface area contributed by atoms with Crippen molar-refractivity contribution in [3.8, 4) is 11.8 Å². The van der Waals surface area contributed by atoms with E-state index in [-0.39, 0.29) is 21.8 Å². The predicted molar refractivity (Wildman–Crippen MR) is 120 cm³/mol. The van der Waals surface area contributed by atoms with Gasteiger partial charge in [0.05, 0.1) is 12.4 Å². The number of aliphatic hydroxyl groups is 2. The maximum atomic E-state index is 12.2. The summed E-state index contributed by atoms with van der Waals surface area (Å²) in [6.45, 7) is 2.42. The Labute approximate surface area is 206 Å². The number of aromatic nitrogens is 4. The van der Waals surface area contributed by atoms with Crippen molar-refractivity contribution in [1.29, 1.82) is 0 Å². The van der Waals surface area contributed by atoms with E-state index in [1.54, 1.807) is 0 Å². The molecule has 18 nitrogen and oxygen atoms in total. The summed E-state index contributed by atoms with van der Waals surface area (Å²) in [5, 5.41) is 22.1. The summed E-state index contributed by atoms with van der Waals surface area (Å²) in [6, 6.07) is 0. The molecule has 1 aliphatic heterocycles. The molecule has 0 spiro atoms. The first-order chi connectivity index (χ1) is 16.4. The fourth-order valence-electron chi connectivity index (χ4n) is 3.40. The number of nitrogen functional groups attached to an aromatic ring is 1. The highest BCUT2D eigenvalue weighted by Crippen LogP contribution is 2.66. The van der Waals surface area contributed by atoms with Crippen LogP contribution in [0.2, 0.25) is 0 Å². The number of phosphoric acid groups is 3. The van der Waals surface area contributed by atoms with E-state index in [1.807, 2.05) is 0 Å². The molecule has 2 aromatic rings. The van der Waals surface area contributed by atoms with Crippen molar-refractivity contribution in [1.82, 2.24) is 19.5 Å². The summed E-state index contributed by atoms with van der Waals surface area (Å²) in [7, 11) is -17.0. The van der Waals surface area contributed by atoms with Crippen LogP contribution in [0.1, 0.15) is 20.1 Å². The van der Waals surface area contributed by atoms with Gasteiger partial charge in [-0.15, -0.1) is 5.92 Å². The van der Waals surface area contributed by atoms with Gasteiger partial charge in [-0.3, -0.25) is 9.09 Å². The number of nitrogens with two attached hydrogens (primary N) is 1. The van der Waals surface area contributed by atoms with E-state index in [9.17, 15) is 33.7 Å². The first kappa shape index (κ1) is 29.0. The van der Waals surface area contributed by atoms with Crippen LogP contribution < -0.4 is 5.73 Å². The standard InChI is InChI=1S/C14H20N5O13P3S/c1-3-4-14(21)9(20)8(6(2)30-34(25,26)32-35(27,28)31-33(22,23)24)29-12(14)19-5-16-7-10(19)17-13(15)18-11(7)36/h5-6,8-9,12,20-21H,1-2H3,(H,25,26)(H,27,28)(H2,22,23,24)(H3,15,17,18,36)/t6-,8+,9-,12+,14?/m0/s1. The van der Waals surface area contributed by atoms with Crippen LogP contribution >= 0.6 is 35.7 Å². The molecule has 1 aliphatic rings. The molecule has 0 saturated carbocycles. The fourth-order valence-corrected chi connectivity index (χ4v) is 6.85. The van der Waals surface area contributed by atoms with Gasteiger partial charge in [-0.05, 0) is 13.8 Å². The van der Waals surface area contributed by atoms with Crippen LogP contribution in [0.4, 0.5) is 5.95 Å². The number of hydrogen-bond acceptors (Lipinski definition) is 13. The van der Waals surface area contributed by atoms with Gasteiger partial charge >= 0.3 is 23.5 Å². The molecule has 36 heavy (non-hydrogen) atoms. The van der Waals surface area contributed by atoms with Crippen molar-refractivity contribution < 1.29 is 61.4 Å². The van der Waals surface area contributed by atoms with E-state index in [0.717, 1.165) is 6.92 Å². The normalized spacial score (nSPS) is 28.7. The van der Waals surface area contributed by atoms with Crippen LogP contribution in [0.15, 0.2) is 6.33 Å². The maximum Gasteiger partial charge on any atom is 0.490 e. The molecule has 1 fully saturated rings. The zero-order valence-electron chi connectivity index (χ0n) is 18.1. The summed E-state index contributed by atoms with van der Waals surface area (Å²) in [4.78, 5) is 47.0. The van der Waals surface area contributed by atoms with E-state index >= 15 is 0 Å². The monoisotopic (exact) mass is 591 g/mol. The molecule has 1 saturated heterocycles. The van der Waals surface area contributed by atoms with Gasteiger partial charge < -0.3 is 45.2 Å². The highest BCUT2D eigenvalue weighted by atomic mass is 32.1. The van der Waals surface area contributed by atoms with Crippen molar-refractivity contribution in [2.24, 2.45) is 0 Å². The summed E-state index contributed by atoms with van der Waals surface area (Å²) in [5.74, 6) is 4.73. The Morgan fingerprint density at radius 2 is 1.92 bits per heavy atom. The quantitative estimate of drug-likeness (QED) is 0.112. The third-order valence-electron chi connectivity index (χ3n) is 4.65. The van der Waals surface area contributed by atoms with Crippen LogP contribution in [0.3, 0.4) is 0 Å². The largest absolute Gasteiger partial charge is 0.490 e. The van der Waals surface area contributed by atoms with Crippen LogP contribution in [0.25, 0.3) is 11.2 Å². The number of fused-ring (bicyclic) bond motifs is 1. The average molecular weight is 591 g/mol. The summed E-state index contributed by atoms with van der Waals surface area (Å²) in [5.41, 5.74) is 3.61. The number of phosphoric ester groups is 1. The molecule has 9 N–H and O–H groups in total. The van der Waals surface area contributed by atoms with E-state index in [0.29, 0.717) is 0 Å². The zero-order chi connectivity index (χ0) is 27.3. The lowest BCUT2D eigenvalue weighted by atomic mass is 9.93. The van der Waals surface area contributed by atoms with Crippen molar-refractivity contribution >= 4 is 52.8 Å². The molecule has 2 aromatic heterocycles. The topological polar surface area (TPSA) is 282 Å². The molecule has 0 radical (unpaired) electrons. The van der Waals surface area contributed by atoms with Crippen molar-refractivity contribution in [3.63, 3.8) is 0 Å². The van der Waals surface area contributed by atoms with Gasteiger partial charge in [-0.25, -0.2) is 23.7 Å². The Balaban J connectivity index is 1.92. The molecule has 22 heteroatoms. The molecule has 7 atom stereocenters. The number of nitrogens with zero attached hydrogens (tertiary/aromatic N) is 3. The first-order valence-corrected chi connectivity index (χ1v) is 14.4. The molecule has 0 bridgehead atoms.